The van der Waals surface area contributed by atoms with Gasteiger partial charge in [0, 0.05) is 12.0 Å². The maximum Gasteiger partial charge on any atom is 0.180 e. The fourth-order valence-corrected chi connectivity index (χ4v) is 2.65. The molecule has 0 amide bonds. The predicted molar refractivity (Wildman–Crippen MR) is 72.5 cm³/mol. The largest absolute Gasteiger partial charge is 0.294 e. The topological polar surface area (TPSA) is 51.2 Å². The molecule has 0 radical (unpaired) electrons. The summed E-state index contributed by atoms with van der Waals surface area (Å²) in [7, 11) is -3.25. The second kappa shape index (κ2) is 5.65. The van der Waals surface area contributed by atoms with Gasteiger partial charge in [-0.3, -0.25) is 4.79 Å². The zero-order chi connectivity index (χ0) is 13.9. The summed E-state index contributed by atoms with van der Waals surface area (Å²) in [6.07, 6.45) is 0.482. The highest BCUT2D eigenvalue weighted by molar-refractivity contribution is 7.92. The van der Waals surface area contributed by atoms with Gasteiger partial charge in [0.25, 0.3) is 0 Å². The van der Waals surface area contributed by atoms with Gasteiger partial charge >= 0.3 is 0 Å². The number of Topliss-reactive ketones (excluding diaryl/α,β-unsaturated/α-hetero) is 1. The van der Waals surface area contributed by atoms with E-state index >= 15 is 0 Å². The minimum absolute atomic E-state index is 0.0542. The van der Waals surface area contributed by atoms with Crippen LogP contribution in [-0.2, 0) is 9.84 Å². The zero-order valence-electron chi connectivity index (χ0n) is 11.3. The van der Waals surface area contributed by atoms with Gasteiger partial charge in [0.05, 0.1) is 10.1 Å². The van der Waals surface area contributed by atoms with Crippen LogP contribution in [0.4, 0.5) is 0 Å². The van der Waals surface area contributed by atoms with Crippen LogP contribution in [0.1, 0.15) is 44.5 Å². The summed E-state index contributed by atoms with van der Waals surface area (Å²) in [4.78, 5) is 12.1. The molecule has 0 N–H and O–H groups in total. The molecule has 4 heteroatoms. The van der Waals surface area contributed by atoms with E-state index < -0.39 is 15.1 Å². The second-order valence-corrected chi connectivity index (χ2v) is 7.64. The summed E-state index contributed by atoms with van der Waals surface area (Å²) in [5.74, 6) is 0.357. The van der Waals surface area contributed by atoms with Gasteiger partial charge in [-0.2, -0.15) is 0 Å². The van der Waals surface area contributed by atoms with Gasteiger partial charge in [0.1, 0.15) is 0 Å². The van der Waals surface area contributed by atoms with Gasteiger partial charge in [-0.15, -0.1) is 0 Å². The molecule has 18 heavy (non-hydrogen) atoms. The molecule has 0 unspecified atom stereocenters. The van der Waals surface area contributed by atoms with Gasteiger partial charge in [0.15, 0.2) is 15.6 Å². The Hall–Kier alpha value is -1.16. The fourth-order valence-electron chi connectivity index (χ4n) is 1.59. The molecule has 1 rings (SSSR count). The van der Waals surface area contributed by atoms with E-state index in [1.54, 1.807) is 26.0 Å². The molecule has 0 atom stereocenters. The Morgan fingerprint density at radius 2 is 1.56 bits per heavy atom. The molecule has 1 aromatic rings. The average Bonchev–Trinajstić information content (AvgIpc) is 2.28. The third kappa shape index (κ3) is 3.42. The maximum absolute atomic E-state index is 11.9. The van der Waals surface area contributed by atoms with Crippen LogP contribution in [0.5, 0.6) is 0 Å². The van der Waals surface area contributed by atoms with Crippen molar-refractivity contribution in [3.63, 3.8) is 0 Å². The molecule has 1 aromatic carbocycles. The zero-order valence-corrected chi connectivity index (χ0v) is 12.1. The van der Waals surface area contributed by atoms with Crippen molar-refractivity contribution in [2.45, 2.75) is 44.3 Å². The minimum atomic E-state index is -3.25. The molecule has 100 valence electrons. The third-order valence-electron chi connectivity index (χ3n) is 2.72. The first-order valence-corrected chi connectivity index (χ1v) is 7.67. The standard InChI is InChI=1S/C14H20O3S/c1-10(2)9-14(15)12-5-7-13(8-6-12)18(16,17)11(3)4/h5-8,10-11H,9H2,1-4H3. The molecule has 0 aromatic heterocycles. The van der Waals surface area contributed by atoms with Crippen LogP contribution in [0.25, 0.3) is 0 Å². The van der Waals surface area contributed by atoms with Crippen LogP contribution < -0.4 is 0 Å². The lowest BCUT2D eigenvalue weighted by molar-refractivity contribution is 0.0968. The molecular formula is C14H20O3S. The van der Waals surface area contributed by atoms with Crippen molar-refractivity contribution < 1.29 is 13.2 Å². The molecule has 0 saturated carbocycles. The van der Waals surface area contributed by atoms with E-state index in [2.05, 4.69) is 0 Å². The smallest absolute Gasteiger partial charge is 0.180 e. The number of ketones is 1. The molecule has 0 aliphatic rings. The summed E-state index contributed by atoms with van der Waals surface area (Å²) >= 11 is 0. The van der Waals surface area contributed by atoms with Gasteiger partial charge in [-0.05, 0) is 31.9 Å². The number of sulfone groups is 1. The lowest BCUT2D eigenvalue weighted by Crippen LogP contribution is -2.14. The molecular weight excluding hydrogens is 248 g/mol. The van der Waals surface area contributed by atoms with Crippen LogP contribution in [0.3, 0.4) is 0 Å². The molecule has 0 aliphatic carbocycles. The first-order valence-electron chi connectivity index (χ1n) is 6.12. The van der Waals surface area contributed by atoms with Crippen molar-refractivity contribution >= 4 is 15.6 Å². The highest BCUT2D eigenvalue weighted by atomic mass is 32.2. The SMILES string of the molecule is CC(C)CC(=O)c1ccc(S(=O)(=O)C(C)C)cc1. The van der Waals surface area contributed by atoms with Crippen LogP contribution in [0, 0.1) is 5.92 Å². The average molecular weight is 268 g/mol. The minimum Gasteiger partial charge on any atom is -0.294 e. The quantitative estimate of drug-likeness (QED) is 0.771. The molecule has 0 fully saturated rings. The van der Waals surface area contributed by atoms with Crippen molar-refractivity contribution in [1.82, 2.24) is 0 Å². The number of hydrogen-bond donors (Lipinski definition) is 0. The van der Waals surface area contributed by atoms with E-state index in [4.69, 9.17) is 0 Å². The molecule has 0 saturated heterocycles. The van der Waals surface area contributed by atoms with Crippen LogP contribution in [0.2, 0.25) is 0 Å². The first kappa shape index (κ1) is 14.9. The molecule has 0 spiro atoms. The van der Waals surface area contributed by atoms with E-state index in [1.165, 1.54) is 12.1 Å². The van der Waals surface area contributed by atoms with Crippen LogP contribution in [-0.4, -0.2) is 19.5 Å². The normalized spacial score (nSPS) is 12.1. The Labute approximate surface area is 109 Å². The van der Waals surface area contributed by atoms with Crippen LogP contribution in [0.15, 0.2) is 29.2 Å². The monoisotopic (exact) mass is 268 g/mol. The first-order chi connectivity index (χ1) is 8.25. The molecule has 3 nitrogen and oxygen atoms in total. The Morgan fingerprint density at radius 3 is 1.94 bits per heavy atom. The van der Waals surface area contributed by atoms with E-state index in [1.807, 2.05) is 13.8 Å². The molecule has 0 heterocycles. The summed E-state index contributed by atoms with van der Waals surface area (Å²) in [6.45, 7) is 7.26. The molecule has 0 bridgehead atoms. The van der Waals surface area contributed by atoms with E-state index in [0.717, 1.165) is 0 Å². The lowest BCUT2D eigenvalue weighted by Gasteiger charge is -2.09. The fraction of sp³-hybridized carbons (Fsp3) is 0.500. The van der Waals surface area contributed by atoms with E-state index in [9.17, 15) is 13.2 Å². The number of carbonyl (C=O) groups is 1. The number of carbonyl (C=O) groups excluding carboxylic acids is 1. The van der Waals surface area contributed by atoms with E-state index in [-0.39, 0.29) is 10.7 Å². The van der Waals surface area contributed by atoms with Crippen molar-refractivity contribution in [3.8, 4) is 0 Å². The third-order valence-corrected chi connectivity index (χ3v) is 4.89. The predicted octanol–water partition coefficient (Wildman–Crippen LogP) is 3.10. The van der Waals surface area contributed by atoms with E-state index in [0.29, 0.717) is 17.9 Å². The Bertz CT molecular complexity index is 510. The number of rotatable bonds is 5. The van der Waals surface area contributed by atoms with Crippen LogP contribution >= 0.6 is 0 Å². The van der Waals surface area contributed by atoms with Crippen molar-refractivity contribution in [1.29, 1.82) is 0 Å². The van der Waals surface area contributed by atoms with Gasteiger partial charge in [-0.1, -0.05) is 26.0 Å². The van der Waals surface area contributed by atoms with Crippen molar-refractivity contribution in [2.75, 3.05) is 0 Å². The highest BCUT2D eigenvalue weighted by Gasteiger charge is 2.19. The maximum atomic E-state index is 11.9. The molecule has 0 aliphatic heterocycles. The lowest BCUT2D eigenvalue weighted by atomic mass is 10.0. The Balaban J connectivity index is 2.97. The second-order valence-electron chi connectivity index (χ2n) is 5.14. The summed E-state index contributed by atoms with van der Waals surface area (Å²) < 4.78 is 23.8. The summed E-state index contributed by atoms with van der Waals surface area (Å²) in [6, 6.07) is 6.23. The van der Waals surface area contributed by atoms with Gasteiger partial charge in [-0.25, -0.2) is 8.42 Å². The Kier molecular flexibility index (Phi) is 4.68. The van der Waals surface area contributed by atoms with Gasteiger partial charge in [0.2, 0.25) is 0 Å². The number of benzene rings is 1. The van der Waals surface area contributed by atoms with Gasteiger partial charge < -0.3 is 0 Å². The summed E-state index contributed by atoms with van der Waals surface area (Å²) in [5, 5.41) is -0.449. The summed E-state index contributed by atoms with van der Waals surface area (Å²) in [5.41, 5.74) is 0.575. The number of hydrogen-bond acceptors (Lipinski definition) is 3. The highest BCUT2D eigenvalue weighted by Crippen LogP contribution is 2.17. The Morgan fingerprint density at radius 1 is 1.06 bits per heavy atom. The van der Waals surface area contributed by atoms with Crippen molar-refractivity contribution in [3.05, 3.63) is 29.8 Å². The van der Waals surface area contributed by atoms with Crippen molar-refractivity contribution in [2.24, 2.45) is 5.92 Å².